The fourth-order valence-electron chi connectivity index (χ4n) is 6.88. The van der Waals surface area contributed by atoms with Crippen molar-refractivity contribution in [1.29, 1.82) is 0 Å². The number of unbranched alkanes of at least 4 members (excludes halogenated alkanes) is 20. The second kappa shape index (κ2) is 34.9. The Labute approximate surface area is 350 Å². The van der Waals surface area contributed by atoms with Gasteiger partial charge in [0.15, 0.2) is 6.29 Å². The number of rotatable bonds is 37. The third kappa shape index (κ3) is 27.2. The number of carbonyl (C=O) groups excluding carboxylic acids is 1. The van der Waals surface area contributed by atoms with Crippen LogP contribution in [0.1, 0.15) is 174 Å². The van der Waals surface area contributed by atoms with E-state index in [4.69, 9.17) is 14.0 Å². The molecule has 1 aliphatic rings. The standard InChI is InChI=1S/C44H81NO12S/c1-3-5-7-9-11-13-15-16-17-18-19-20-21-22-23-25-27-29-31-33-38(48)43(51)45-36(37(47)32-30-28-26-24-14-12-10-8-6-4-2)35-55-44-41(50)42(57-58(52,53)54)40(49)39(34-46)56-44/h14,19-20,24,30,32,36-42,44,46-50H,3-13,15-18,21-23,25-29,31,33-35H2,1-2H3,(H,45,51)(H,52,53,54)/b20-19-,24-14+,32-30+. The van der Waals surface area contributed by atoms with Gasteiger partial charge in [-0.3, -0.25) is 9.35 Å². The minimum absolute atomic E-state index is 0.229. The van der Waals surface area contributed by atoms with Gasteiger partial charge in [-0.25, -0.2) is 4.18 Å². The molecule has 13 nitrogen and oxygen atoms in total. The third-order valence-electron chi connectivity index (χ3n) is 10.5. The van der Waals surface area contributed by atoms with E-state index in [0.717, 1.165) is 64.2 Å². The third-order valence-corrected chi connectivity index (χ3v) is 11.0. The van der Waals surface area contributed by atoms with Crippen molar-refractivity contribution in [2.75, 3.05) is 13.2 Å². The van der Waals surface area contributed by atoms with E-state index in [0.29, 0.717) is 12.8 Å². The van der Waals surface area contributed by atoms with Gasteiger partial charge in [-0.05, 0) is 57.8 Å². The Morgan fingerprint density at radius 3 is 1.67 bits per heavy atom. The molecule has 0 radical (unpaired) electrons. The molecule has 8 atom stereocenters. The van der Waals surface area contributed by atoms with Crippen molar-refractivity contribution in [2.45, 2.75) is 223 Å². The van der Waals surface area contributed by atoms with E-state index in [1.54, 1.807) is 6.08 Å². The molecule has 0 aromatic carbocycles. The largest absolute Gasteiger partial charge is 0.397 e. The van der Waals surface area contributed by atoms with Crippen molar-refractivity contribution in [3.8, 4) is 0 Å². The second-order valence-electron chi connectivity index (χ2n) is 15.8. The monoisotopic (exact) mass is 848 g/mol. The van der Waals surface area contributed by atoms with Crippen LogP contribution < -0.4 is 5.32 Å². The molecule has 1 aliphatic heterocycles. The van der Waals surface area contributed by atoms with E-state index in [2.05, 4.69) is 47.7 Å². The van der Waals surface area contributed by atoms with Gasteiger partial charge >= 0.3 is 10.4 Å². The highest BCUT2D eigenvalue weighted by molar-refractivity contribution is 7.80. The van der Waals surface area contributed by atoms with Gasteiger partial charge in [-0.1, -0.05) is 153 Å². The summed E-state index contributed by atoms with van der Waals surface area (Å²) in [4.78, 5) is 13.1. The number of aliphatic hydroxyl groups is 5. The summed E-state index contributed by atoms with van der Waals surface area (Å²) in [5.74, 6) is -0.720. The second-order valence-corrected chi connectivity index (χ2v) is 16.8. The lowest BCUT2D eigenvalue weighted by Crippen LogP contribution is -2.61. The van der Waals surface area contributed by atoms with Crippen LogP contribution in [0.5, 0.6) is 0 Å². The molecule has 0 saturated carbocycles. The molecule has 1 fully saturated rings. The molecule has 1 amide bonds. The molecule has 14 heteroatoms. The molecule has 58 heavy (non-hydrogen) atoms. The lowest BCUT2D eigenvalue weighted by molar-refractivity contribution is -0.298. The Morgan fingerprint density at radius 1 is 0.690 bits per heavy atom. The number of nitrogens with one attached hydrogen (secondary N) is 1. The number of carbonyl (C=O) groups is 1. The van der Waals surface area contributed by atoms with E-state index in [1.807, 2.05) is 0 Å². The first-order valence-corrected chi connectivity index (χ1v) is 23.8. The minimum Gasteiger partial charge on any atom is -0.394 e. The number of hydrogen-bond donors (Lipinski definition) is 7. The predicted octanol–water partition coefficient (Wildman–Crippen LogP) is 7.30. The molecule has 0 bridgehead atoms. The van der Waals surface area contributed by atoms with Crippen LogP contribution in [0, 0.1) is 0 Å². The molecule has 0 spiro atoms. The molecular formula is C44H81NO12S. The van der Waals surface area contributed by atoms with Crippen molar-refractivity contribution in [3.63, 3.8) is 0 Å². The zero-order chi connectivity index (χ0) is 42.9. The van der Waals surface area contributed by atoms with Crippen molar-refractivity contribution >= 4 is 16.3 Å². The van der Waals surface area contributed by atoms with Crippen LogP contribution in [0.3, 0.4) is 0 Å². The van der Waals surface area contributed by atoms with Gasteiger partial charge in [0.1, 0.15) is 30.5 Å². The van der Waals surface area contributed by atoms with E-state index in [9.17, 15) is 38.7 Å². The van der Waals surface area contributed by atoms with Gasteiger partial charge in [-0.2, -0.15) is 8.42 Å². The highest BCUT2D eigenvalue weighted by atomic mass is 32.3. The molecule has 340 valence electrons. The average molecular weight is 848 g/mol. The summed E-state index contributed by atoms with van der Waals surface area (Å²) in [5, 5.41) is 55.0. The molecule has 7 N–H and O–H groups in total. The normalized spacial score (nSPS) is 22.0. The number of allylic oxidation sites excluding steroid dienone is 5. The maximum absolute atomic E-state index is 13.1. The minimum atomic E-state index is -5.12. The number of amides is 1. The molecule has 0 aromatic rings. The molecule has 1 saturated heterocycles. The molecule has 0 aliphatic carbocycles. The molecular weight excluding hydrogens is 767 g/mol. The fraction of sp³-hybridized carbons (Fsp3) is 0.841. The summed E-state index contributed by atoms with van der Waals surface area (Å²) < 4.78 is 47.3. The van der Waals surface area contributed by atoms with Gasteiger partial charge in [0.25, 0.3) is 0 Å². The Morgan fingerprint density at radius 2 is 1.16 bits per heavy atom. The highest BCUT2D eigenvalue weighted by Gasteiger charge is 2.48. The Kier molecular flexibility index (Phi) is 32.7. The Balaban J connectivity index is 2.55. The van der Waals surface area contributed by atoms with Gasteiger partial charge in [0.2, 0.25) is 5.91 Å². The van der Waals surface area contributed by atoms with Crippen LogP contribution in [0.15, 0.2) is 36.5 Å². The molecule has 1 rings (SSSR count). The molecule has 1 heterocycles. The van der Waals surface area contributed by atoms with Gasteiger partial charge in [0.05, 0.1) is 25.4 Å². The quantitative estimate of drug-likeness (QED) is 0.0187. The van der Waals surface area contributed by atoms with Crippen LogP contribution in [-0.2, 0) is 28.9 Å². The van der Waals surface area contributed by atoms with Crippen molar-refractivity contribution in [2.24, 2.45) is 0 Å². The van der Waals surface area contributed by atoms with Crippen LogP contribution in [0.25, 0.3) is 0 Å². The van der Waals surface area contributed by atoms with E-state index in [1.165, 1.54) is 83.1 Å². The molecule has 0 aromatic heterocycles. The van der Waals surface area contributed by atoms with E-state index >= 15 is 0 Å². The van der Waals surface area contributed by atoms with E-state index in [-0.39, 0.29) is 6.42 Å². The van der Waals surface area contributed by atoms with Crippen molar-refractivity contribution in [3.05, 3.63) is 36.5 Å². The topological polar surface area (TPSA) is 212 Å². The van der Waals surface area contributed by atoms with E-state index < -0.39 is 78.5 Å². The Hall–Kier alpha value is -1.72. The lowest BCUT2D eigenvalue weighted by Gasteiger charge is -2.41. The van der Waals surface area contributed by atoms with Crippen molar-refractivity contribution in [1.82, 2.24) is 5.32 Å². The fourth-order valence-corrected chi connectivity index (χ4v) is 7.39. The summed E-state index contributed by atoms with van der Waals surface area (Å²) in [7, 11) is -5.12. The van der Waals surface area contributed by atoms with Gasteiger partial charge in [-0.15, -0.1) is 0 Å². The highest BCUT2D eigenvalue weighted by Crippen LogP contribution is 2.26. The lowest BCUT2D eigenvalue weighted by atomic mass is 9.99. The predicted molar refractivity (Wildman–Crippen MR) is 228 cm³/mol. The Bertz CT molecular complexity index is 1200. The first kappa shape index (κ1) is 54.3. The summed E-state index contributed by atoms with van der Waals surface area (Å²) in [6, 6.07) is -1.14. The smallest absolute Gasteiger partial charge is 0.394 e. The van der Waals surface area contributed by atoms with Crippen molar-refractivity contribution < 1.29 is 57.0 Å². The zero-order valence-corrected chi connectivity index (χ0v) is 36.5. The van der Waals surface area contributed by atoms with Crippen LogP contribution in [0.4, 0.5) is 0 Å². The van der Waals surface area contributed by atoms with Crippen LogP contribution in [-0.4, -0.2) is 107 Å². The number of hydrogen-bond acceptors (Lipinski definition) is 11. The summed E-state index contributed by atoms with van der Waals surface area (Å²) in [6.45, 7) is 3.14. The van der Waals surface area contributed by atoms with Gasteiger partial charge < -0.3 is 40.3 Å². The summed E-state index contributed by atoms with van der Waals surface area (Å²) >= 11 is 0. The zero-order valence-electron chi connectivity index (χ0n) is 35.7. The first-order valence-electron chi connectivity index (χ1n) is 22.5. The van der Waals surface area contributed by atoms with Crippen LogP contribution >= 0.6 is 0 Å². The number of ether oxygens (including phenoxy) is 2. The van der Waals surface area contributed by atoms with Gasteiger partial charge in [0, 0.05) is 0 Å². The maximum Gasteiger partial charge on any atom is 0.397 e. The maximum atomic E-state index is 13.1. The SMILES string of the molecule is CCCCCC/C=C/CC/C=C/C(O)C(COC1OC(CO)C(O)C(OS(=O)(=O)O)C1O)NC(=O)C(O)CCCCCCCC/C=C\CCCCCCCCCCC. The van der Waals surface area contributed by atoms with Crippen LogP contribution in [0.2, 0.25) is 0 Å². The number of aliphatic hydroxyl groups excluding tert-OH is 5. The summed E-state index contributed by atoms with van der Waals surface area (Å²) in [5.41, 5.74) is 0. The first-order chi connectivity index (χ1) is 27.9. The average Bonchev–Trinajstić information content (AvgIpc) is 3.19. The molecule has 8 unspecified atom stereocenters. The summed E-state index contributed by atoms with van der Waals surface area (Å²) in [6.07, 6.45) is 28.2.